The third-order valence-electron chi connectivity index (χ3n) is 3.52. The van der Waals surface area contributed by atoms with Crippen molar-refractivity contribution in [3.8, 4) is 11.3 Å². The lowest BCUT2D eigenvalue weighted by molar-refractivity contribution is 0.102. The molecule has 0 saturated carbocycles. The molecule has 0 atom stereocenters. The molecule has 24 heavy (non-hydrogen) atoms. The number of fused-ring (bicyclic) bond motifs is 1. The zero-order valence-corrected chi connectivity index (χ0v) is 13.0. The van der Waals surface area contributed by atoms with Crippen molar-refractivity contribution >= 4 is 28.8 Å². The predicted octanol–water partition coefficient (Wildman–Crippen LogP) is 3.03. The fourth-order valence-corrected chi connectivity index (χ4v) is 2.61. The van der Waals surface area contributed by atoms with Gasteiger partial charge in [-0.2, -0.15) is 10.2 Å². The number of carbonyl (C=O) groups excluding carboxylic acids is 1. The van der Waals surface area contributed by atoms with E-state index < -0.39 is 0 Å². The number of halogens is 1. The summed E-state index contributed by atoms with van der Waals surface area (Å²) < 4.78 is 1.54. The van der Waals surface area contributed by atoms with Crippen LogP contribution in [0.4, 0.5) is 5.69 Å². The molecule has 0 radical (unpaired) electrons. The minimum absolute atomic E-state index is 0.312. The maximum absolute atomic E-state index is 12.6. The number of nitrogens with one attached hydrogen (secondary N) is 2. The summed E-state index contributed by atoms with van der Waals surface area (Å²) in [7, 11) is 0. The van der Waals surface area contributed by atoms with E-state index in [0.29, 0.717) is 27.6 Å². The number of aromatic amines is 1. The van der Waals surface area contributed by atoms with Crippen molar-refractivity contribution < 1.29 is 4.79 Å². The normalized spacial score (nSPS) is 10.9. The monoisotopic (exact) mass is 338 g/mol. The fraction of sp³-hybridized carbons (Fsp3) is 0. The van der Waals surface area contributed by atoms with Gasteiger partial charge in [0.25, 0.3) is 5.91 Å². The summed E-state index contributed by atoms with van der Waals surface area (Å²) in [5.41, 5.74) is 2.93. The molecule has 1 aromatic carbocycles. The summed E-state index contributed by atoms with van der Waals surface area (Å²) in [5.74, 6) is -0.312. The highest BCUT2D eigenvalue weighted by molar-refractivity contribution is 6.30. The van der Waals surface area contributed by atoms with E-state index in [-0.39, 0.29) is 5.91 Å². The first-order valence-electron chi connectivity index (χ1n) is 7.11. The number of hydrogen-bond donors (Lipinski definition) is 2. The molecule has 0 fully saturated rings. The molecule has 0 bridgehead atoms. The van der Waals surface area contributed by atoms with E-state index in [4.69, 9.17) is 11.6 Å². The summed E-state index contributed by atoms with van der Waals surface area (Å²) in [6.07, 6.45) is 6.38. The Hall–Kier alpha value is -3.19. The van der Waals surface area contributed by atoms with Gasteiger partial charge in [-0.3, -0.25) is 9.89 Å². The summed E-state index contributed by atoms with van der Waals surface area (Å²) in [5, 5.41) is 14.4. The Morgan fingerprint density at radius 1 is 1.25 bits per heavy atom. The first-order valence-corrected chi connectivity index (χ1v) is 7.49. The molecule has 3 heterocycles. The van der Waals surface area contributed by atoms with Crippen molar-refractivity contribution in [3.63, 3.8) is 0 Å². The van der Waals surface area contributed by atoms with Gasteiger partial charge >= 0.3 is 0 Å². The molecule has 0 spiro atoms. The van der Waals surface area contributed by atoms with Gasteiger partial charge in [-0.25, -0.2) is 9.50 Å². The number of carbonyl (C=O) groups is 1. The van der Waals surface area contributed by atoms with Gasteiger partial charge in [-0.05, 0) is 18.2 Å². The van der Waals surface area contributed by atoms with E-state index in [9.17, 15) is 4.79 Å². The van der Waals surface area contributed by atoms with E-state index in [1.54, 1.807) is 41.3 Å². The molecule has 8 heteroatoms. The van der Waals surface area contributed by atoms with Crippen LogP contribution in [-0.4, -0.2) is 30.7 Å². The van der Waals surface area contributed by atoms with Gasteiger partial charge < -0.3 is 5.32 Å². The second kappa shape index (κ2) is 5.78. The standard InChI is InChI=1S/C16H11ClN6O/c17-11-4-1-3-10(7-11)14-13(9-19-22-14)21-16(24)12-8-20-23-6-2-5-18-15(12)23/h1-9H,(H,19,22)(H,21,24). The third kappa shape index (κ3) is 2.50. The van der Waals surface area contributed by atoms with E-state index in [2.05, 4.69) is 25.6 Å². The molecule has 118 valence electrons. The number of nitrogens with zero attached hydrogens (tertiary/aromatic N) is 4. The Balaban J connectivity index is 1.67. The van der Waals surface area contributed by atoms with E-state index in [0.717, 1.165) is 5.56 Å². The summed E-state index contributed by atoms with van der Waals surface area (Å²) in [4.78, 5) is 16.7. The highest BCUT2D eigenvalue weighted by Crippen LogP contribution is 2.27. The molecule has 0 aliphatic carbocycles. The average Bonchev–Trinajstić information content (AvgIpc) is 3.21. The number of amides is 1. The van der Waals surface area contributed by atoms with E-state index in [1.165, 1.54) is 6.20 Å². The summed E-state index contributed by atoms with van der Waals surface area (Å²) >= 11 is 6.03. The van der Waals surface area contributed by atoms with Gasteiger partial charge in [0.1, 0.15) is 5.56 Å². The van der Waals surface area contributed by atoms with Crippen molar-refractivity contribution in [2.45, 2.75) is 0 Å². The number of aromatic nitrogens is 5. The van der Waals surface area contributed by atoms with Gasteiger partial charge in [0.15, 0.2) is 5.65 Å². The molecule has 0 aliphatic heterocycles. The highest BCUT2D eigenvalue weighted by atomic mass is 35.5. The summed E-state index contributed by atoms with van der Waals surface area (Å²) in [6.45, 7) is 0. The smallest absolute Gasteiger partial charge is 0.261 e. The van der Waals surface area contributed by atoms with Crippen molar-refractivity contribution in [2.75, 3.05) is 5.32 Å². The Labute approximate surface area is 141 Å². The molecule has 1 amide bonds. The highest BCUT2D eigenvalue weighted by Gasteiger charge is 2.16. The van der Waals surface area contributed by atoms with Crippen LogP contribution in [0.2, 0.25) is 5.02 Å². The van der Waals surface area contributed by atoms with E-state index >= 15 is 0 Å². The minimum atomic E-state index is -0.312. The van der Waals surface area contributed by atoms with Gasteiger partial charge in [-0.1, -0.05) is 23.7 Å². The number of benzene rings is 1. The molecule has 7 nitrogen and oxygen atoms in total. The Kier molecular flexibility index (Phi) is 3.47. The minimum Gasteiger partial charge on any atom is -0.319 e. The number of rotatable bonds is 3. The quantitative estimate of drug-likeness (QED) is 0.601. The predicted molar refractivity (Wildman–Crippen MR) is 90.0 cm³/mol. The van der Waals surface area contributed by atoms with Crippen LogP contribution in [0.5, 0.6) is 0 Å². The van der Waals surface area contributed by atoms with Crippen LogP contribution in [-0.2, 0) is 0 Å². The second-order valence-electron chi connectivity index (χ2n) is 5.07. The Morgan fingerprint density at radius 3 is 3.04 bits per heavy atom. The van der Waals surface area contributed by atoms with Crippen LogP contribution < -0.4 is 5.32 Å². The Morgan fingerprint density at radius 2 is 2.17 bits per heavy atom. The maximum Gasteiger partial charge on any atom is 0.261 e. The number of anilines is 1. The van der Waals surface area contributed by atoms with Crippen LogP contribution >= 0.6 is 11.6 Å². The van der Waals surface area contributed by atoms with Gasteiger partial charge in [0.2, 0.25) is 0 Å². The van der Waals surface area contributed by atoms with Gasteiger partial charge in [-0.15, -0.1) is 0 Å². The lowest BCUT2D eigenvalue weighted by atomic mass is 10.1. The third-order valence-corrected chi connectivity index (χ3v) is 3.76. The van der Waals surface area contributed by atoms with Crippen LogP contribution in [0.3, 0.4) is 0 Å². The first-order chi connectivity index (χ1) is 11.7. The second-order valence-corrected chi connectivity index (χ2v) is 5.51. The molecule has 0 unspecified atom stereocenters. The lowest BCUT2D eigenvalue weighted by Crippen LogP contribution is -2.12. The zero-order valence-electron chi connectivity index (χ0n) is 12.3. The molecular formula is C16H11ClN6O. The van der Waals surface area contributed by atoms with Crippen molar-refractivity contribution in [1.82, 2.24) is 24.8 Å². The maximum atomic E-state index is 12.6. The van der Waals surface area contributed by atoms with Crippen LogP contribution in [0.15, 0.2) is 55.1 Å². The SMILES string of the molecule is O=C(Nc1cn[nH]c1-c1cccc(Cl)c1)c1cnn2cccnc12. The molecular weight excluding hydrogens is 328 g/mol. The zero-order chi connectivity index (χ0) is 16.5. The molecule has 2 N–H and O–H groups in total. The largest absolute Gasteiger partial charge is 0.319 e. The molecule has 4 aromatic rings. The van der Waals surface area contributed by atoms with Gasteiger partial charge in [0, 0.05) is 23.0 Å². The first kappa shape index (κ1) is 14.4. The lowest BCUT2D eigenvalue weighted by Gasteiger charge is -2.05. The van der Waals surface area contributed by atoms with Crippen molar-refractivity contribution in [2.24, 2.45) is 0 Å². The topological polar surface area (TPSA) is 88.0 Å². The average molecular weight is 339 g/mol. The fourth-order valence-electron chi connectivity index (χ4n) is 2.42. The Bertz CT molecular complexity index is 1040. The van der Waals surface area contributed by atoms with E-state index in [1.807, 2.05) is 12.1 Å². The number of hydrogen-bond acceptors (Lipinski definition) is 4. The van der Waals surface area contributed by atoms with Gasteiger partial charge in [0.05, 0.1) is 23.8 Å². The van der Waals surface area contributed by atoms with Crippen LogP contribution in [0.1, 0.15) is 10.4 Å². The van der Waals surface area contributed by atoms with Crippen molar-refractivity contribution in [3.05, 3.63) is 65.7 Å². The molecule has 0 saturated heterocycles. The van der Waals surface area contributed by atoms with Crippen LogP contribution in [0.25, 0.3) is 16.9 Å². The number of H-pyrrole nitrogens is 1. The van der Waals surface area contributed by atoms with Crippen LogP contribution in [0, 0.1) is 0 Å². The van der Waals surface area contributed by atoms with Crippen molar-refractivity contribution in [1.29, 1.82) is 0 Å². The molecule has 4 rings (SSSR count). The molecule has 0 aliphatic rings. The summed E-state index contributed by atoms with van der Waals surface area (Å²) in [6, 6.07) is 9.03. The molecule has 3 aromatic heterocycles.